The second kappa shape index (κ2) is 7.43. The van der Waals surface area contributed by atoms with Gasteiger partial charge in [-0.05, 0) is 31.7 Å². The van der Waals surface area contributed by atoms with Gasteiger partial charge in [0, 0.05) is 6.54 Å². The number of hydrogen-bond donors (Lipinski definition) is 1. The van der Waals surface area contributed by atoms with Crippen LogP contribution in [0, 0.1) is 5.92 Å². The van der Waals surface area contributed by atoms with E-state index < -0.39 is 0 Å². The Balaban J connectivity index is 2.26. The average Bonchev–Trinajstić information content (AvgIpc) is 2.29. The van der Waals surface area contributed by atoms with E-state index in [0.717, 1.165) is 45.1 Å². The van der Waals surface area contributed by atoms with E-state index in [1.165, 1.54) is 0 Å². The molecule has 1 aliphatic heterocycles. The number of nitrogens with zero attached hydrogens (tertiary/aromatic N) is 1. The van der Waals surface area contributed by atoms with Crippen molar-refractivity contribution < 1.29 is 9.59 Å². The van der Waals surface area contributed by atoms with E-state index >= 15 is 0 Å². The number of likely N-dealkylation sites (tertiary alicyclic amines) is 1. The Morgan fingerprint density at radius 2 is 2.24 bits per heavy atom. The molecule has 1 atom stereocenters. The first-order valence-corrected chi connectivity index (χ1v) is 6.59. The molecule has 0 aromatic rings. The lowest BCUT2D eigenvalue weighted by Crippen LogP contribution is -2.46. The van der Waals surface area contributed by atoms with Crippen molar-refractivity contribution >= 4 is 12.2 Å². The van der Waals surface area contributed by atoms with Crippen LogP contribution in [0.15, 0.2) is 0 Å². The van der Waals surface area contributed by atoms with Crippen molar-refractivity contribution in [1.29, 1.82) is 0 Å². The Hall–Kier alpha value is -0.900. The summed E-state index contributed by atoms with van der Waals surface area (Å²) < 4.78 is 0. The van der Waals surface area contributed by atoms with Gasteiger partial charge in [-0.1, -0.05) is 20.3 Å². The summed E-state index contributed by atoms with van der Waals surface area (Å²) in [4.78, 5) is 24.6. The van der Waals surface area contributed by atoms with E-state index in [2.05, 4.69) is 19.2 Å². The van der Waals surface area contributed by atoms with Crippen molar-refractivity contribution in [1.82, 2.24) is 10.2 Å². The van der Waals surface area contributed by atoms with Crippen molar-refractivity contribution in [3.8, 4) is 0 Å². The van der Waals surface area contributed by atoms with Crippen LogP contribution >= 0.6 is 0 Å². The highest BCUT2D eigenvalue weighted by Gasteiger charge is 2.23. The fourth-order valence-corrected chi connectivity index (χ4v) is 2.11. The van der Waals surface area contributed by atoms with Gasteiger partial charge in [0.05, 0.1) is 12.6 Å². The number of piperidine rings is 1. The number of carbonyl (C=O) groups excluding carboxylic acids is 2. The number of hydrogen-bond acceptors (Lipinski definition) is 3. The van der Waals surface area contributed by atoms with Gasteiger partial charge in [-0.25, -0.2) is 0 Å². The molecule has 98 valence electrons. The largest absolute Gasteiger partial charge is 0.355 e. The monoisotopic (exact) mass is 240 g/mol. The summed E-state index contributed by atoms with van der Waals surface area (Å²) in [6, 6.07) is -0.0559. The van der Waals surface area contributed by atoms with Crippen LogP contribution in [-0.4, -0.2) is 42.8 Å². The molecule has 0 radical (unpaired) electrons. The molecule has 0 spiro atoms. The highest BCUT2D eigenvalue weighted by atomic mass is 16.2. The predicted molar refractivity (Wildman–Crippen MR) is 67.7 cm³/mol. The van der Waals surface area contributed by atoms with Gasteiger partial charge in [-0.2, -0.15) is 0 Å². The maximum atomic E-state index is 11.7. The standard InChI is InChI=1S/C13H24N2O2/c1-11(2)6-7-14-13(17)9-15-8-4-3-5-12(15)10-16/h10-12H,3-9H2,1-2H3,(H,14,17). The molecule has 1 fully saturated rings. The van der Waals surface area contributed by atoms with Gasteiger partial charge in [0.15, 0.2) is 0 Å². The van der Waals surface area contributed by atoms with Crippen LogP contribution in [-0.2, 0) is 9.59 Å². The third-order valence-corrected chi connectivity index (χ3v) is 3.21. The average molecular weight is 240 g/mol. The van der Waals surface area contributed by atoms with Crippen LogP contribution in [0.5, 0.6) is 0 Å². The van der Waals surface area contributed by atoms with Crippen molar-refractivity contribution in [3.63, 3.8) is 0 Å². The van der Waals surface area contributed by atoms with Gasteiger partial charge < -0.3 is 10.1 Å². The summed E-state index contributed by atoms with van der Waals surface area (Å²) in [5.41, 5.74) is 0. The highest BCUT2D eigenvalue weighted by molar-refractivity contribution is 5.78. The number of carbonyl (C=O) groups is 2. The molecule has 1 amide bonds. The third kappa shape index (κ3) is 5.31. The number of rotatable bonds is 6. The molecule has 0 bridgehead atoms. The molecule has 0 aliphatic carbocycles. The fourth-order valence-electron chi connectivity index (χ4n) is 2.11. The normalized spacial score (nSPS) is 21.5. The second-order valence-corrected chi connectivity index (χ2v) is 5.20. The minimum atomic E-state index is -0.0559. The molecule has 17 heavy (non-hydrogen) atoms. The van der Waals surface area contributed by atoms with Gasteiger partial charge in [-0.3, -0.25) is 9.69 Å². The first-order valence-electron chi connectivity index (χ1n) is 6.59. The maximum absolute atomic E-state index is 11.7. The summed E-state index contributed by atoms with van der Waals surface area (Å²) in [6.07, 6.45) is 5.05. The first-order chi connectivity index (χ1) is 8.13. The van der Waals surface area contributed by atoms with Gasteiger partial charge in [0.2, 0.25) is 5.91 Å². The molecular weight excluding hydrogens is 216 g/mol. The van der Waals surface area contributed by atoms with E-state index in [0.29, 0.717) is 12.5 Å². The minimum absolute atomic E-state index is 0.0411. The fraction of sp³-hybridized carbons (Fsp3) is 0.846. The zero-order valence-electron chi connectivity index (χ0n) is 10.9. The number of aldehydes is 1. The van der Waals surface area contributed by atoms with Gasteiger partial charge in [0.25, 0.3) is 0 Å². The minimum Gasteiger partial charge on any atom is -0.355 e. The van der Waals surface area contributed by atoms with Gasteiger partial charge in [0.1, 0.15) is 6.29 Å². The summed E-state index contributed by atoms with van der Waals surface area (Å²) in [5.74, 6) is 0.646. The molecule has 1 rings (SSSR count). The lowest BCUT2D eigenvalue weighted by molar-refractivity contribution is -0.124. The van der Waals surface area contributed by atoms with E-state index in [1.807, 2.05) is 4.90 Å². The van der Waals surface area contributed by atoms with Crippen molar-refractivity contribution in [3.05, 3.63) is 0 Å². The zero-order chi connectivity index (χ0) is 12.7. The Labute approximate surface area is 104 Å². The molecule has 1 aliphatic rings. The predicted octanol–water partition coefficient (Wildman–Crippen LogP) is 1.20. The molecule has 4 heteroatoms. The third-order valence-electron chi connectivity index (χ3n) is 3.21. The van der Waals surface area contributed by atoms with Crippen LogP contribution in [0.3, 0.4) is 0 Å². The Bertz CT molecular complexity index is 254. The van der Waals surface area contributed by atoms with Gasteiger partial charge in [-0.15, -0.1) is 0 Å². The smallest absolute Gasteiger partial charge is 0.234 e. The van der Waals surface area contributed by atoms with Gasteiger partial charge >= 0.3 is 0 Å². The van der Waals surface area contributed by atoms with Crippen LogP contribution in [0.2, 0.25) is 0 Å². The summed E-state index contributed by atoms with van der Waals surface area (Å²) >= 11 is 0. The van der Waals surface area contributed by atoms with Crippen LogP contribution < -0.4 is 5.32 Å². The molecule has 1 N–H and O–H groups in total. The van der Waals surface area contributed by atoms with Crippen LogP contribution in [0.1, 0.15) is 39.5 Å². The topological polar surface area (TPSA) is 49.4 Å². The number of nitrogens with one attached hydrogen (secondary N) is 1. The Morgan fingerprint density at radius 3 is 2.88 bits per heavy atom. The van der Waals surface area contributed by atoms with E-state index in [-0.39, 0.29) is 11.9 Å². The molecule has 0 aromatic heterocycles. The van der Waals surface area contributed by atoms with Crippen LogP contribution in [0.25, 0.3) is 0 Å². The molecule has 1 unspecified atom stereocenters. The van der Waals surface area contributed by atoms with Crippen molar-refractivity contribution in [2.45, 2.75) is 45.6 Å². The molecule has 0 aromatic carbocycles. The van der Waals surface area contributed by atoms with Crippen molar-refractivity contribution in [2.24, 2.45) is 5.92 Å². The highest BCUT2D eigenvalue weighted by Crippen LogP contribution is 2.14. The molecular formula is C13H24N2O2. The SMILES string of the molecule is CC(C)CCNC(=O)CN1CCCCC1C=O. The first kappa shape index (κ1) is 14.2. The second-order valence-electron chi connectivity index (χ2n) is 5.20. The molecule has 1 heterocycles. The summed E-state index contributed by atoms with van der Waals surface area (Å²) in [7, 11) is 0. The lowest BCUT2D eigenvalue weighted by Gasteiger charge is -2.31. The number of amides is 1. The molecule has 4 nitrogen and oxygen atoms in total. The quantitative estimate of drug-likeness (QED) is 0.710. The summed E-state index contributed by atoms with van der Waals surface area (Å²) in [6.45, 7) is 6.23. The van der Waals surface area contributed by atoms with Crippen LogP contribution in [0.4, 0.5) is 0 Å². The molecule has 0 saturated carbocycles. The lowest BCUT2D eigenvalue weighted by atomic mass is 10.0. The maximum Gasteiger partial charge on any atom is 0.234 e. The zero-order valence-corrected chi connectivity index (χ0v) is 10.9. The van der Waals surface area contributed by atoms with E-state index in [9.17, 15) is 9.59 Å². The van der Waals surface area contributed by atoms with Crippen molar-refractivity contribution in [2.75, 3.05) is 19.6 Å². The Morgan fingerprint density at radius 1 is 1.47 bits per heavy atom. The van der Waals surface area contributed by atoms with E-state index in [4.69, 9.17) is 0 Å². The van der Waals surface area contributed by atoms with E-state index in [1.54, 1.807) is 0 Å². The summed E-state index contributed by atoms with van der Waals surface area (Å²) in [5, 5.41) is 2.91. The Kier molecular flexibility index (Phi) is 6.19. The molecule has 1 saturated heterocycles.